The van der Waals surface area contributed by atoms with E-state index in [4.69, 9.17) is 5.73 Å². The van der Waals surface area contributed by atoms with Crippen LogP contribution in [-0.2, 0) is 18.0 Å². The molecule has 0 saturated carbocycles. The zero-order valence-corrected chi connectivity index (χ0v) is 18.7. The third-order valence-corrected chi connectivity index (χ3v) is 7.01. The van der Waals surface area contributed by atoms with Gasteiger partial charge in [0.25, 0.3) is 0 Å². The molecule has 178 valence electrons. The van der Waals surface area contributed by atoms with E-state index < -0.39 is 23.0 Å². The Bertz CT molecular complexity index is 1230. The fraction of sp³-hybridized carbons (Fsp3) is 0.375. The minimum Gasteiger partial charge on any atom is -0.383 e. The van der Waals surface area contributed by atoms with E-state index in [2.05, 4.69) is 15.4 Å². The van der Waals surface area contributed by atoms with Crippen LogP contribution < -0.4 is 16.0 Å². The van der Waals surface area contributed by atoms with E-state index >= 15 is 0 Å². The van der Waals surface area contributed by atoms with E-state index in [1.165, 1.54) is 6.20 Å². The maximum Gasteiger partial charge on any atom is 0.421 e. The van der Waals surface area contributed by atoms with Gasteiger partial charge in [-0.15, -0.1) is 0 Å². The van der Waals surface area contributed by atoms with Crippen molar-refractivity contribution in [2.24, 2.45) is 12.5 Å². The molecule has 0 bridgehead atoms. The number of amides is 1. The van der Waals surface area contributed by atoms with Crippen LogP contribution in [0.5, 0.6) is 0 Å². The molecule has 1 amide bonds. The topological polar surface area (TPSA) is 89.1 Å². The Kier molecular flexibility index (Phi) is 5.26. The molecule has 1 aromatic carbocycles. The number of aryl methyl sites for hydroxylation is 1. The van der Waals surface area contributed by atoms with Crippen molar-refractivity contribution in [1.29, 1.82) is 0 Å². The van der Waals surface area contributed by atoms with Gasteiger partial charge < -0.3 is 16.0 Å². The van der Waals surface area contributed by atoms with E-state index in [1.807, 2.05) is 25.4 Å². The zero-order valence-electron chi connectivity index (χ0n) is 18.7. The number of halogens is 3. The largest absolute Gasteiger partial charge is 0.421 e. The van der Waals surface area contributed by atoms with Gasteiger partial charge in [-0.2, -0.15) is 18.3 Å². The van der Waals surface area contributed by atoms with Gasteiger partial charge in [-0.1, -0.05) is 24.3 Å². The minimum atomic E-state index is -4.67. The SMILES string of the molecule is Cn1cc(-c2ccc(-c3cnc(N)c(C(F)(F)F)c3N3CCC4(CCNC4=O)CC3)cc2)cn1. The predicted molar refractivity (Wildman–Crippen MR) is 123 cm³/mol. The molecule has 0 aliphatic carbocycles. The average molecular weight is 470 g/mol. The molecule has 2 aliphatic heterocycles. The van der Waals surface area contributed by atoms with Crippen LogP contribution in [0.3, 0.4) is 0 Å². The van der Waals surface area contributed by atoms with Gasteiger partial charge in [0, 0.05) is 50.2 Å². The molecule has 3 aromatic rings. The van der Waals surface area contributed by atoms with Crippen molar-refractivity contribution in [3.05, 3.63) is 48.4 Å². The number of rotatable bonds is 3. The molecule has 4 heterocycles. The van der Waals surface area contributed by atoms with Gasteiger partial charge in [0.2, 0.25) is 5.91 Å². The van der Waals surface area contributed by atoms with Crippen LogP contribution in [-0.4, -0.2) is 40.3 Å². The standard InChI is InChI=1S/C24H25F3N6O/c1-32-14-17(12-31-32)15-2-4-16(5-3-15)18-13-30-21(28)19(24(25,26)27)20(18)33-10-7-23(8-11-33)6-9-29-22(23)34/h2-5,12-14H,6-11H2,1H3,(H2,28,30)(H,29,34). The number of carbonyl (C=O) groups excluding carboxylic acids is 1. The van der Waals surface area contributed by atoms with Gasteiger partial charge in [0.05, 0.1) is 17.3 Å². The van der Waals surface area contributed by atoms with Gasteiger partial charge >= 0.3 is 6.18 Å². The van der Waals surface area contributed by atoms with Crippen LogP contribution in [0.25, 0.3) is 22.3 Å². The summed E-state index contributed by atoms with van der Waals surface area (Å²) in [5, 5.41) is 7.03. The molecular formula is C24H25F3N6O. The Morgan fingerprint density at radius 2 is 1.71 bits per heavy atom. The number of hydrogen-bond acceptors (Lipinski definition) is 5. The fourth-order valence-electron chi connectivity index (χ4n) is 5.10. The Balaban J connectivity index is 1.55. The first-order valence-electron chi connectivity index (χ1n) is 11.2. The third-order valence-electron chi connectivity index (χ3n) is 7.01. The summed E-state index contributed by atoms with van der Waals surface area (Å²) in [5.74, 6) is -0.541. The number of hydrogen-bond donors (Lipinski definition) is 2. The Labute approximate surface area is 194 Å². The molecule has 0 unspecified atom stereocenters. The number of nitrogens with zero attached hydrogens (tertiary/aromatic N) is 4. The molecule has 3 N–H and O–H groups in total. The molecule has 7 nitrogen and oxygen atoms in total. The molecule has 0 radical (unpaired) electrons. The first-order valence-corrected chi connectivity index (χ1v) is 11.2. The lowest BCUT2D eigenvalue weighted by atomic mass is 9.77. The van der Waals surface area contributed by atoms with Gasteiger partial charge in [-0.25, -0.2) is 4.98 Å². The molecule has 0 atom stereocenters. The van der Waals surface area contributed by atoms with E-state index in [0.717, 1.165) is 11.1 Å². The quantitative estimate of drug-likeness (QED) is 0.607. The smallest absolute Gasteiger partial charge is 0.383 e. The van der Waals surface area contributed by atoms with Crippen LogP contribution in [0, 0.1) is 5.41 Å². The highest BCUT2D eigenvalue weighted by atomic mass is 19.4. The van der Waals surface area contributed by atoms with Crippen LogP contribution >= 0.6 is 0 Å². The number of alkyl halides is 3. The van der Waals surface area contributed by atoms with Gasteiger partial charge in [0.1, 0.15) is 11.4 Å². The number of piperidine rings is 1. The highest BCUT2D eigenvalue weighted by molar-refractivity contribution is 5.87. The second-order valence-corrected chi connectivity index (χ2v) is 9.03. The third kappa shape index (κ3) is 3.76. The summed E-state index contributed by atoms with van der Waals surface area (Å²) in [7, 11) is 1.82. The van der Waals surface area contributed by atoms with Crippen molar-refractivity contribution in [2.45, 2.75) is 25.4 Å². The second kappa shape index (κ2) is 8.03. The monoisotopic (exact) mass is 470 g/mol. The summed E-state index contributed by atoms with van der Waals surface area (Å²) in [4.78, 5) is 18.0. The lowest BCUT2D eigenvalue weighted by molar-refractivity contribution is -0.136. The molecular weight excluding hydrogens is 445 g/mol. The van der Waals surface area contributed by atoms with Crippen LogP contribution in [0.2, 0.25) is 0 Å². The summed E-state index contributed by atoms with van der Waals surface area (Å²) >= 11 is 0. The van der Waals surface area contributed by atoms with Crippen LogP contribution in [0.1, 0.15) is 24.8 Å². The number of nitrogens with two attached hydrogens (primary N) is 1. The first kappa shape index (κ1) is 22.2. The molecule has 2 aliphatic rings. The molecule has 2 fully saturated rings. The maximum atomic E-state index is 14.2. The lowest BCUT2D eigenvalue weighted by Gasteiger charge is -2.40. The average Bonchev–Trinajstić information content (AvgIpc) is 3.39. The summed E-state index contributed by atoms with van der Waals surface area (Å²) in [6.45, 7) is 1.28. The number of benzene rings is 1. The number of nitrogen functional groups attached to an aromatic ring is 1. The number of anilines is 2. The van der Waals surface area contributed by atoms with E-state index in [0.29, 0.717) is 50.0 Å². The molecule has 34 heavy (non-hydrogen) atoms. The highest BCUT2D eigenvalue weighted by Gasteiger charge is 2.46. The minimum absolute atomic E-state index is 0.00338. The van der Waals surface area contributed by atoms with E-state index in [1.54, 1.807) is 27.9 Å². The van der Waals surface area contributed by atoms with Crippen molar-refractivity contribution < 1.29 is 18.0 Å². The van der Waals surface area contributed by atoms with Crippen LogP contribution in [0.15, 0.2) is 42.9 Å². The number of nitrogens with one attached hydrogen (secondary N) is 1. The van der Waals surface area contributed by atoms with Gasteiger partial charge in [-0.3, -0.25) is 9.48 Å². The van der Waals surface area contributed by atoms with Crippen molar-refractivity contribution in [2.75, 3.05) is 30.3 Å². The predicted octanol–water partition coefficient (Wildman–Crippen LogP) is 3.86. The highest BCUT2D eigenvalue weighted by Crippen LogP contribution is 2.47. The summed E-state index contributed by atoms with van der Waals surface area (Å²) in [6, 6.07) is 7.28. The van der Waals surface area contributed by atoms with Crippen molar-refractivity contribution in [3.63, 3.8) is 0 Å². The van der Waals surface area contributed by atoms with Crippen LogP contribution in [0.4, 0.5) is 24.7 Å². The van der Waals surface area contributed by atoms with E-state index in [9.17, 15) is 18.0 Å². The lowest BCUT2D eigenvalue weighted by Crippen LogP contribution is -2.44. The Morgan fingerprint density at radius 1 is 1.03 bits per heavy atom. The molecule has 1 spiro atoms. The molecule has 5 rings (SSSR count). The van der Waals surface area contributed by atoms with Gasteiger partial charge in [0.15, 0.2) is 0 Å². The molecule has 10 heteroatoms. The van der Waals surface area contributed by atoms with Crippen molar-refractivity contribution >= 4 is 17.4 Å². The number of pyridine rings is 1. The molecule has 2 saturated heterocycles. The Hall–Kier alpha value is -3.56. The second-order valence-electron chi connectivity index (χ2n) is 9.03. The normalized spacial score (nSPS) is 17.9. The van der Waals surface area contributed by atoms with Crippen molar-refractivity contribution in [1.82, 2.24) is 20.1 Å². The van der Waals surface area contributed by atoms with E-state index in [-0.39, 0.29) is 11.6 Å². The zero-order chi connectivity index (χ0) is 24.1. The number of carbonyl (C=O) groups is 1. The Morgan fingerprint density at radius 3 is 2.26 bits per heavy atom. The summed E-state index contributed by atoms with van der Waals surface area (Å²) in [6.07, 6.45) is 2.05. The summed E-state index contributed by atoms with van der Waals surface area (Å²) in [5.41, 5.74) is 7.19. The maximum absolute atomic E-state index is 14.2. The summed E-state index contributed by atoms with van der Waals surface area (Å²) < 4.78 is 44.2. The first-order chi connectivity index (χ1) is 16.2. The fourth-order valence-corrected chi connectivity index (χ4v) is 5.10. The number of aromatic nitrogens is 3. The molecule has 2 aromatic heterocycles. The van der Waals surface area contributed by atoms with Gasteiger partial charge in [-0.05, 0) is 30.4 Å². The van der Waals surface area contributed by atoms with Crippen molar-refractivity contribution in [3.8, 4) is 22.3 Å².